The standard InChI is InChI=1S/C16H25N3O4/c1-16(2,3)23-15(22)19(4)8-7-18-14(21)13-9-12(17)6-5-11(13)10-20/h5-6,9,20H,7-8,10,17H2,1-4H3,(H,18,21). The van der Waals surface area contributed by atoms with Crippen LogP contribution in [0.15, 0.2) is 18.2 Å². The molecular formula is C16H25N3O4. The van der Waals surface area contributed by atoms with E-state index in [9.17, 15) is 14.7 Å². The van der Waals surface area contributed by atoms with Gasteiger partial charge in [0.05, 0.1) is 6.61 Å². The summed E-state index contributed by atoms with van der Waals surface area (Å²) in [7, 11) is 1.60. The molecule has 7 nitrogen and oxygen atoms in total. The van der Waals surface area contributed by atoms with Crippen LogP contribution >= 0.6 is 0 Å². The fourth-order valence-electron chi connectivity index (χ4n) is 1.81. The summed E-state index contributed by atoms with van der Waals surface area (Å²) in [5, 5.41) is 12.0. The first-order valence-electron chi connectivity index (χ1n) is 7.35. The lowest BCUT2D eigenvalue weighted by molar-refractivity contribution is 0.0299. The molecule has 0 saturated carbocycles. The summed E-state index contributed by atoms with van der Waals surface area (Å²) < 4.78 is 5.22. The van der Waals surface area contributed by atoms with Crippen molar-refractivity contribution in [2.45, 2.75) is 33.0 Å². The Balaban J connectivity index is 2.54. The Morgan fingerprint density at radius 1 is 1.35 bits per heavy atom. The molecule has 1 aromatic rings. The molecule has 0 saturated heterocycles. The predicted octanol–water partition coefficient (Wildman–Crippen LogP) is 1.36. The number of ether oxygens (including phenoxy) is 1. The van der Waals surface area contributed by atoms with Crippen molar-refractivity contribution in [1.82, 2.24) is 10.2 Å². The van der Waals surface area contributed by atoms with Gasteiger partial charge in [-0.1, -0.05) is 6.07 Å². The van der Waals surface area contributed by atoms with Crippen LogP contribution in [-0.4, -0.2) is 47.7 Å². The van der Waals surface area contributed by atoms with Crippen molar-refractivity contribution >= 4 is 17.7 Å². The highest BCUT2D eigenvalue weighted by atomic mass is 16.6. The van der Waals surface area contributed by atoms with E-state index in [1.54, 1.807) is 40.0 Å². The van der Waals surface area contributed by atoms with Gasteiger partial charge >= 0.3 is 6.09 Å². The molecular weight excluding hydrogens is 298 g/mol. The first kappa shape index (κ1) is 18.8. The summed E-state index contributed by atoms with van der Waals surface area (Å²) in [6, 6.07) is 4.74. The number of aliphatic hydroxyl groups is 1. The Kier molecular flexibility index (Phi) is 6.38. The number of likely N-dealkylation sites (N-methyl/N-ethyl adjacent to an activating group) is 1. The number of carbonyl (C=O) groups excluding carboxylic acids is 2. The van der Waals surface area contributed by atoms with Crippen molar-refractivity contribution in [2.24, 2.45) is 0 Å². The van der Waals surface area contributed by atoms with E-state index in [2.05, 4.69) is 5.32 Å². The maximum atomic E-state index is 12.1. The van der Waals surface area contributed by atoms with Gasteiger partial charge < -0.3 is 25.8 Å². The first-order valence-corrected chi connectivity index (χ1v) is 7.35. The molecule has 0 spiro atoms. The van der Waals surface area contributed by atoms with Crippen molar-refractivity contribution in [2.75, 3.05) is 25.9 Å². The van der Waals surface area contributed by atoms with Crippen molar-refractivity contribution in [3.05, 3.63) is 29.3 Å². The Labute approximate surface area is 136 Å². The van der Waals surface area contributed by atoms with Gasteiger partial charge in [0, 0.05) is 31.4 Å². The molecule has 1 rings (SSSR count). The zero-order valence-electron chi connectivity index (χ0n) is 14.0. The molecule has 23 heavy (non-hydrogen) atoms. The highest BCUT2D eigenvalue weighted by Crippen LogP contribution is 2.13. The number of rotatable bonds is 5. The van der Waals surface area contributed by atoms with Crippen LogP contribution in [-0.2, 0) is 11.3 Å². The average Bonchev–Trinajstić information content (AvgIpc) is 2.45. The molecule has 7 heteroatoms. The molecule has 128 valence electrons. The van der Waals surface area contributed by atoms with Gasteiger partial charge in [-0.3, -0.25) is 4.79 Å². The molecule has 4 N–H and O–H groups in total. The highest BCUT2D eigenvalue weighted by Gasteiger charge is 2.19. The number of nitrogens with one attached hydrogen (secondary N) is 1. The van der Waals surface area contributed by atoms with Crippen LogP contribution in [0.3, 0.4) is 0 Å². The zero-order chi connectivity index (χ0) is 17.6. The van der Waals surface area contributed by atoms with Crippen molar-refractivity contribution < 1.29 is 19.4 Å². The van der Waals surface area contributed by atoms with E-state index in [1.165, 1.54) is 11.0 Å². The van der Waals surface area contributed by atoms with Gasteiger partial charge in [-0.15, -0.1) is 0 Å². The summed E-state index contributed by atoms with van der Waals surface area (Å²) in [5.41, 5.74) is 6.37. The molecule has 0 aromatic heterocycles. The molecule has 0 aliphatic rings. The number of nitrogens with zero attached hydrogens (tertiary/aromatic N) is 1. The van der Waals surface area contributed by atoms with Crippen molar-refractivity contribution in [1.29, 1.82) is 0 Å². The summed E-state index contributed by atoms with van der Waals surface area (Å²) in [5.74, 6) is -0.348. The summed E-state index contributed by atoms with van der Waals surface area (Å²) in [4.78, 5) is 25.3. The second-order valence-electron chi connectivity index (χ2n) is 6.23. The number of carbonyl (C=O) groups is 2. The number of nitrogen functional groups attached to an aromatic ring is 1. The lowest BCUT2D eigenvalue weighted by atomic mass is 10.1. The minimum Gasteiger partial charge on any atom is -0.444 e. The average molecular weight is 323 g/mol. The molecule has 2 amide bonds. The third-order valence-corrected chi connectivity index (χ3v) is 2.99. The number of aliphatic hydroxyl groups excluding tert-OH is 1. The van der Waals surface area contributed by atoms with Gasteiger partial charge in [0.25, 0.3) is 5.91 Å². The number of hydrogen-bond acceptors (Lipinski definition) is 5. The lowest BCUT2D eigenvalue weighted by Crippen LogP contribution is -2.39. The van der Waals surface area contributed by atoms with E-state index in [4.69, 9.17) is 10.5 Å². The molecule has 0 heterocycles. The number of nitrogens with two attached hydrogens (primary N) is 1. The molecule has 0 aliphatic carbocycles. The van der Waals surface area contributed by atoms with Crippen molar-refractivity contribution in [3.63, 3.8) is 0 Å². The largest absolute Gasteiger partial charge is 0.444 e. The van der Waals surface area contributed by atoms with Crippen LogP contribution < -0.4 is 11.1 Å². The maximum Gasteiger partial charge on any atom is 0.410 e. The third-order valence-electron chi connectivity index (χ3n) is 2.99. The Morgan fingerprint density at radius 2 is 2.00 bits per heavy atom. The smallest absolute Gasteiger partial charge is 0.410 e. The molecule has 0 fully saturated rings. The van der Waals surface area contributed by atoms with E-state index in [-0.39, 0.29) is 19.1 Å². The van der Waals surface area contributed by atoms with Crippen molar-refractivity contribution in [3.8, 4) is 0 Å². The molecule has 0 unspecified atom stereocenters. The summed E-state index contributed by atoms with van der Waals surface area (Å²) in [6.07, 6.45) is -0.452. The highest BCUT2D eigenvalue weighted by molar-refractivity contribution is 5.96. The first-order chi connectivity index (χ1) is 10.6. The maximum absolute atomic E-state index is 12.1. The van der Waals surface area contributed by atoms with Crippen LogP contribution in [0.4, 0.5) is 10.5 Å². The fourth-order valence-corrected chi connectivity index (χ4v) is 1.81. The van der Waals surface area contributed by atoms with Gasteiger partial charge in [0.2, 0.25) is 0 Å². The fraction of sp³-hybridized carbons (Fsp3) is 0.500. The van der Waals surface area contributed by atoms with Crippen LogP contribution in [0, 0.1) is 0 Å². The molecule has 0 atom stereocenters. The normalized spacial score (nSPS) is 11.0. The quantitative estimate of drug-likeness (QED) is 0.710. The van der Waals surface area contributed by atoms with Gasteiger partial charge in [-0.05, 0) is 38.5 Å². The second kappa shape index (κ2) is 7.82. The van der Waals surface area contributed by atoms with Crippen LogP contribution in [0.1, 0.15) is 36.7 Å². The van der Waals surface area contributed by atoms with E-state index < -0.39 is 11.7 Å². The van der Waals surface area contributed by atoms with E-state index >= 15 is 0 Å². The second-order valence-corrected chi connectivity index (χ2v) is 6.23. The van der Waals surface area contributed by atoms with Crippen LogP contribution in [0.25, 0.3) is 0 Å². The third kappa shape index (κ3) is 6.15. The zero-order valence-corrected chi connectivity index (χ0v) is 14.0. The van der Waals surface area contributed by atoms with Gasteiger partial charge in [0.1, 0.15) is 5.60 Å². The summed E-state index contributed by atoms with van der Waals surface area (Å²) >= 11 is 0. The SMILES string of the molecule is CN(CCNC(=O)c1cc(N)ccc1CO)C(=O)OC(C)(C)C. The van der Waals surface area contributed by atoms with Crippen LogP contribution in [0.2, 0.25) is 0 Å². The molecule has 1 aromatic carbocycles. The monoisotopic (exact) mass is 323 g/mol. The minimum absolute atomic E-state index is 0.249. The number of hydrogen-bond donors (Lipinski definition) is 3. The number of anilines is 1. The van der Waals surface area contributed by atoms with E-state index in [0.29, 0.717) is 23.4 Å². The minimum atomic E-state index is -0.563. The van der Waals surface area contributed by atoms with Gasteiger partial charge in [0.15, 0.2) is 0 Å². The van der Waals surface area contributed by atoms with Gasteiger partial charge in [-0.25, -0.2) is 4.79 Å². The van der Waals surface area contributed by atoms with Crippen LogP contribution in [0.5, 0.6) is 0 Å². The topological polar surface area (TPSA) is 105 Å². The van der Waals surface area contributed by atoms with Gasteiger partial charge in [-0.2, -0.15) is 0 Å². The number of benzene rings is 1. The number of amides is 2. The molecule has 0 aliphatic heterocycles. The molecule has 0 bridgehead atoms. The summed E-state index contributed by atoms with van der Waals surface area (Å²) in [6.45, 7) is 5.68. The Hall–Kier alpha value is -2.28. The molecule has 0 radical (unpaired) electrons. The van der Waals surface area contributed by atoms with E-state index in [0.717, 1.165) is 0 Å². The Bertz CT molecular complexity index is 567. The lowest BCUT2D eigenvalue weighted by Gasteiger charge is -2.24. The predicted molar refractivity (Wildman–Crippen MR) is 88.0 cm³/mol. The Morgan fingerprint density at radius 3 is 2.57 bits per heavy atom. The van der Waals surface area contributed by atoms with E-state index in [1.807, 2.05) is 0 Å².